The van der Waals surface area contributed by atoms with Crippen molar-refractivity contribution >= 4 is 17.5 Å². The standard InChI is InChI=1S/C26H22ClF6N3O3/c1-2-19-22(30)25(38)36-23(35-19)20-17(26(31,32)33)5-3-12(21(20)29)10-34-24(37)13-8-16(9-13)39-11-14-7-15(27)4-6-18(14)28/h3-7,13,16H,2,8-11H2,1H3,(H,34,37)(H,35,36,38). The molecule has 0 unspecified atom stereocenters. The monoisotopic (exact) mass is 573 g/mol. The number of ether oxygens (including phenoxy) is 1. The number of aryl methyl sites for hydroxylation is 1. The zero-order valence-corrected chi connectivity index (χ0v) is 21.2. The number of rotatable bonds is 8. The van der Waals surface area contributed by atoms with Gasteiger partial charge in [0.05, 0.1) is 29.5 Å². The van der Waals surface area contributed by atoms with Crippen molar-refractivity contribution in [3.05, 3.63) is 85.5 Å². The van der Waals surface area contributed by atoms with E-state index in [1.165, 1.54) is 25.1 Å². The van der Waals surface area contributed by atoms with Gasteiger partial charge in [-0.3, -0.25) is 9.59 Å². The van der Waals surface area contributed by atoms with Gasteiger partial charge in [0.1, 0.15) is 17.5 Å². The summed E-state index contributed by atoms with van der Waals surface area (Å²) in [5.74, 6) is -4.83. The van der Waals surface area contributed by atoms with E-state index in [9.17, 15) is 31.5 Å². The van der Waals surface area contributed by atoms with Crippen molar-refractivity contribution in [2.45, 2.75) is 51.6 Å². The number of hydrogen-bond acceptors (Lipinski definition) is 4. The van der Waals surface area contributed by atoms with Crippen LogP contribution in [-0.4, -0.2) is 22.0 Å². The van der Waals surface area contributed by atoms with Crippen molar-refractivity contribution in [2.24, 2.45) is 5.92 Å². The van der Waals surface area contributed by atoms with Crippen LogP contribution in [0, 0.1) is 23.4 Å². The number of aromatic amines is 1. The fourth-order valence-electron chi connectivity index (χ4n) is 4.19. The van der Waals surface area contributed by atoms with Gasteiger partial charge < -0.3 is 15.0 Å². The second-order valence-electron chi connectivity index (χ2n) is 9.04. The maximum absolute atomic E-state index is 15.4. The molecule has 0 spiro atoms. The minimum atomic E-state index is -5.01. The van der Waals surface area contributed by atoms with Crippen LogP contribution in [0.3, 0.4) is 0 Å². The first kappa shape index (κ1) is 28.6. The number of benzene rings is 2. The zero-order chi connectivity index (χ0) is 28.5. The van der Waals surface area contributed by atoms with Gasteiger partial charge in [-0.25, -0.2) is 13.8 Å². The van der Waals surface area contributed by atoms with Gasteiger partial charge in [0.25, 0.3) is 5.56 Å². The number of carbonyl (C=O) groups excluding carboxylic acids is 1. The summed E-state index contributed by atoms with van der Waals surface area (Å²) in [7, 11) is 0. The Labute approximate surface area is 223 Å². The second kappa shape index (κ2) is 11.4. The van der Waals surface area contributed by atoms with E-state index in [0.29, 0.717) is 23.9 Å². The molecule has 0 atom stereocenters. The number of nitrogens with zero attached hydrogens (tertiary/aromatic N) is 1. The second-order valence-corrected chi connectivity index (χ2v) is 9.48. The molecular weight excluding hydrogens is 552 g/mol. The Hall–Kier alpha value is -3.38. The summed E-state index contributed by atoms with van der Waals surface area (Å²) in [6.45, 7) is 0.953. The van der Waals surface area contributed by atoms with Crippen LogP contribution in [0.2, 0.25) is 5.02 Å². The SMILES string of the molecule is CCc1nc(-c2c(C(F)(F)F)ccc(CNC(=O)C3CC(OCc4cc(Cl)ccc4F)C3)c2F)[nH]c(=O)c1F. The Morgan fingerprint density at radius 2 is 1.85 bits per heavy atom. The van der Waals surface area contributed by atoms with Gasteiger partial charge >= 0.3 is 6.18 Å². The third-order valence-electron chi connectivity index (χ3n) is 6.43. The van der Waals surface area contributed by atoms with Crippen LogP contribution >= 0.6 is 11.6 Å². The van der Waals surface area contributed by atoms with Crippen LogP contribution in [0.5, 0.6) is 0 Å². The fraction of sp³-hybridized carbons (Fsp3) is 0.346. The highest BCUT2D eigenvalue weighted by Gasteiger charge is 2.38. The first-order valence-electron chi connectivity index (χ1n) is 11.9. The normalized spacial score (nSPS) is 17.1. The smallest absolute Gasteiger partial charge is 0.373 e. The summed E-state index contributed by atoms with van der Waals surface area (Å²) >= 11 is 5.85. The number of H-pyrrole nitrogens is 1. The van der Waals surface area contributed by atoms with E-state index in [0.717, 1.165) is 6.07 Å². The molecule has 208 valence electrons. The molecule has 0 aliphatic heterocycles. The number of hydrogen-bond donors (Lipinski definition) is 2. The molecule has 1 saturated carbocycles. The minimum Gasteiger partial charge on any atom is -0.373 e. The van der Waals surface area contributed by atoms with Crippen LogP contribution in [-0.2, 0) is 35.3 Å². The lowest BCUT2D eigenvalue weighted by molar-refractivity contribution is -0.137. The first-order valence-corrected chi connectivity index (χ1v) is 12.3. The average molecular weight is 574 g/mol. The molecule has 0 bridgehead atoms. The van der Waals surface area contributed by atoms with Gasteiger partial charge in [-0.15, -0.1) is 0 Å². The molecule has 13 heteroatoms. The molecule has 0 saturated heterocycles. The Bertz CT molecular complexity index is 1450. The molecule has 39 heavy (non-hydrogen) atoms. The van der Waals surface area contributed by atoms with E-state index in [2.05, 4.69) is 10.3 Å². The van der Waals surface area contributed by atoms with Crippen LogP contribution < -0.4 is 10.9 Å². The molecular formula is C26H22ClF6N3O3. The number of amides is 1. The van der Waals surface area contributed by atoms with Crippen molar-refractivity contribution in [3.63, 3.8) is 0 Å². The average Bonchev–Trinajstić information content (AvgIpc) is 2.85. The number of carbonyl (C=O) groups is 1. The molecule has 4 rings (SSSR count). The predicted octanol–water partition coefficient (Wildman–Crippen LogP) is 5.70. The molecule has 2 aromatic carbocycles. The summed E-state index contributed by atoms with van der Waals surface area (Å²) in [5.41, 5.74) is -4.23. The van der Waals surface area contributed by atoms with Gasteiger partial charge in [0, 0.05) is 28.6 Å². The van der Waals surface area contributed by atoms with E-state index >= 15 is 4.39 Å². The maximum Gasteiger partial charge on any atom is 0.417 e. The Balaban J connectivity index is 1.44. The topological polar surface area (TPSA) is 84.1 Å². The largest absolute Gasteiger partial charge is 0.417 e. The lowest BCUT2D eigenvalue weighted by Gasteiger charge is -2.34. The Morgan fingerprint density at radius 3 is 2.51 bits per heavy atom. The molecule has 1 amide bonds. The van der Waals surface area contributed by atoms with Gasteiger partial charge in [-0.2, -0.15) is 17.6 Å². The highest BCUT2D eigenvalue weighted by Crippen LogP contribution is 2.38. The Kier molecular flexibility index (Phi) is 8.36. The Morgan fingerprint density at radius 1 is 1.13 bits per heavy atom. The molecule has 1 fully saturated rings. The summed E-state index contributed by atoms with van der Waals surface area (Å²) in [6, 6.07) is 5.54. The lowest BCUT2D eigenvalue weighted by atomic mass is 9.81. The molecule has 1 aliphatic rings. The lowest BCUT2D eigenvalue weighted by Crippen LogP contribution is -2.42. The minimum absolute atomic E-state index is 0.0375. The fourth-order valence-corrected chi connectivity index (χ4v) is 4.38. The van der Waals surface area contributed by atoms with Crippen molar-refractivity contribution in [1.82, 2.24) is 15.3 Å². The third kappa shape index (κ3) is 6.27. The van der Waals surface area contributed by atoms with E-state index in [-0.39, 0.29) is 30.3 Å². The van der Waals surface area contributed by atoms with Crippen molar-refractivity contribution in [2.75, 3.05) is 0 Å². The summed E-state index contributed by atoms with van der Waals surface area (Å²) in [6.07, 6.45) is -4.80. The number of nitrogens with one attached hydrogen (secondary N) is 2. The predicted molar refractivity (Wildman–Crippen MR) is 129 cm³/mol. The molecule has 1 aliphatic carbocycles. The van der Waals surface area contributed by atoms with E-state index in [1.54, 1.807) is 0 Å². The summed E-state index contributed by atoms with van der Waals surface area (Å²) < 4.78 is 89.7. The first-order chi connectivity index (χ1) is 18.4. The molecule has 2 N–H and O–H groups in total. The molecule has 6 nitrogen and oxygen atoms in total. The molecule has 1 aromatic heterocycles. The maximum atomic E-state index is 15.4. The van der Waals surface area contributed by atoms with Crippen molar-refractivity contribution < 1.29 is 35.9 Å². The van der Waals surface area contributed by atoms with Crippen LogP contribution in [0.4, 0.5) is 26.3 Å². The van der Waals surface area contributed by atoms with Gasteiger partial charge in [-0.1, -0.05) is 24.6 Å². The third-order valence-corrected chi connectivity index (χ3v) is 6.67. The highest BCUT2D eigenvalue weighted by atomic mass is 35.5. The van der Waals surface area contributed by atoms with E-state index in [1.807, 2.05) is 4.98 Å². The highest BCUT2D eigenvalue weighted by molar-refractivity contribution is 6.30. The van der Waals surface area contributed by atoms with Gasteiger partial charge in [0.2, 0.25) is 11.7 Å². The number of aromatic nitrogens is 2. The number of halogens is 7. The zero-order valence-electron chi connectivity index (χ0n) is 20.4. The molecule has 0 radical (unpaired) electrons. The van der Waals surface area contributed by atoms with Crippen LogP contribution in [0.15, 0.2) is 35.1 Å². The van der Waals surface area contributed by atoms with Crippen LogP contribution in [0.25, 0.3) is 11.4 Å². The van der Waals surface area contributed by atoms with Crippen molar-refractivity contribution in [1.29, 1.82) is 0 Å². The van der Waals surface area contributed by atoms with E-state index in [4.69, 9.17) is 16.3 Å². The van der Waals surface area contributed by atoms with Gasteiger partial charge in [-0.05, 0) is 43.5 Å². The molecule has 1 heterocycles. The molecule has 3 aromatic rings. The quantitative estimate of drug-likeness (QED) is 0.339. The van der Waals surface area contributed by atoms with Gasteiger partial charge in [0.15, 0.2) is 0 Å². The van der Waals surface area contributed by atoms with Crippen LogP contribution in [0.1, 0.15) is 42.1 Å². The van der Waals surface area contributed by atoms with Crippen molar-refractivity contribution in [3.8, 4) is 11.4 Å². The summed E-state index contributed by atoms with van der Waals surface area (Å²) in [4.78, 5) is 30.0. The summed E-state index contributed by atoms with van der Waals surface area (Å²) in [5, 5.41) is 2.84. The van der Waals surface area contributed by atoms with E-state index < -0.39 is 70.2 Å². The number of alkyl halides is 3.